The highest BCUT2D eigenvalue weighted by atomic mass is 35.5. The van der Waals surface area contributed by atoms with Crippen molar-refractivity contribution in [1.82, 2.24) is 4.98 Å². The maximum Gasteiger partial charge on any atom is 0.357 e. The molecule has 0 bridgehead atoms. The van der Waals surface area contributed by atoms with Crippen LogP contribution in [0, 0.1) is 0 Å². The van der Waals surface area contributed by atoms with Crippen LogP contribution in [-0.2, 0) is 4.74 Å². The summed E-state index contributed by atoms with van der Waals surface area (Å²) in [7, 11) is 1.32. The first-order valence-corrected chi connectivity index (χ1v) is 7.40. The van der Waals surface area contributed by atoms with Crippen LogP contribution in [0.3, 0.4) is 0 Å². The van der Waals surface area contributed by atoms with Gasteiger partial charge in [-0.1, -0.05) is 29.3 Å². The molecule has 1 atom stereocenters. The number of aromatic nitrogens is 1. The lowest BCUT2D eigenvalue weighted by molar-refractivity contribution is 0.0595. The summed E-state index contributed by atoms with van der Waals surface area (Å²) in [6, 6.07) is 5.27. The predicted octanol–water partition coefficient (Wildman–Crippen LogP) is 4.41. The zero-order valence-electron chi connectivity index (χ0n) is 10.8. The number of rotatable bonds is 4. The fourth-order valence-electron chi connectivity index (χ4n) is 1.65. The van der Waals surface area contributed by atoms with Crippen molar-refractivity contribution in [2.24, 2.45) is 0 Å². The number of ether oxygens (including phenoxy) is 1. The lowest BCUT2D eigenvalue weighted by atomic mass is 10.1. The molecule has 0 fully saturated rings. The van der Waals surface area contributed by atoms with Crippen LogP contribution >= 0.6 is 34.5 Å². The van der Waals surface area contributed by atoms with E-state index in [0.717, 1.165) is 5.56 Å². The molecular weight excluding hydrogens is 319 g/mol. The monoisotopic (exact) mass is 330 g/mol. The minimum atomic E-state index is -0.452. The van der Waals surface area contributed by atoms with Crippen molar-refractivity contribution in [3.05, 3.63) is 44.9 Å². The Labute approximate surface area is 130 Å². The van der Waals surface area contributed by atoms with Crippen molar-refractivity contribution < 1.29 is 9.53 Å². The van der Waals surface area contributed by atoms with E-state index in [2.05, 4.69) is 15.0 Å². The highest BCUT2D eigenvalue weighted by molar-refractivity contribution is 7.13. The standard InChI is InChI=1S/C13H12Cl2N2O2S/c1-7(9-4-3-8(14)5-10(9)15)16-13-17-11(6-20-13)12(18)19-2/h3-7H,1-2H3,(H,16,17). The number of hydrogen-bond donors (Lipinski definition) is 1. The van der Waals surface area contributed by atoms with E-state index >= 15 is 0 Å². The van der Waals surface area contributed by atoms with Gasteiger partial charge >= 0.3 is 5.97 Å². The molecule has 0 radical (unpaired) electrons. The van der Waals surface area contributed by atoms with Gasteiger partial charge in [-0.25, -0.2) is 9.78 Å². The Morgan fingerprint density at radius 1 is 1.45 bits per heavy atom. The Morgan fingerprint density at radius 3 is 2.85 bits per heavy atom. The zero-order chi connectivity index (χ0) is 14.7. The average molecular weight is 331 g/mol. The number of esters is 1. The highest BCUT2D eigenvalue weighted by Gasteiger charge is 2.14. The summed E-state index contributed by atoms with van der Waals surface area (Å²) in [6.07, 6.45) is 0. The molecule has 0 aliphatic carbocycles. The molecule has 2 rings (SSSR count). The van der Waals surface area contributed by atoms with Crippen LogP contribution in [-0.4, -0.2) is 18.1 Å². The second-order valence-electron chi connectivity index (χ2n) is 4.06. The fourth-order valence-corrected chi connectivity index (χ4v) is 2.99. The molecule has 1 unspecified atom stereocenters. The normalized spacial score (nSPS) is 12.0. The van der Waals surface area contributed by atoms with E-state index in [9.17, 15) is 4.79 Å². The van der Waals surface area contributed by atoms with Crippen molar-refractivity contribution >= 4 is 45.6 Å². The topological polar surface area (TPSA) is 51.2 Å². The molecular formula is C13H12Cl2N2O2S. The molecule has 0 saturated carbocycles. The van der Waals surface area contributed by atoms with E-state index in [-0.39, 0.29) is 11.7 Å². The quantitative estimate of drug-likeness (QED) is 0.843. The van der Waals surface area contributed by atoms with Crippen LogP contribution in [0.25, 0.3) is 0 Å². The Hall–Kier alpha value is -1.30. The van der Waals surface area contributed by atoms with Gasteiger partial charge in [0.25, 0.3) is 0 Å². The second kappa shape index (κ2) is 6.43. The van der Waals surface area contributed by atoms with Crippen molar-refractivity contribution in [2.75, 3.05) is 12.4 Å². The van der Waals surface area contributed by atoms with Crippen molar-refractivity contribution in [1.29, 1.82) is 0 Å². The van der Waals surface area contributed by atoms with Gasteiger partial charge in [0.15, 0.2) is 10.8 Å². The number of nitrogens with zero attached hydrogens (tertiary/aromatic N) is 1. The van der Waals surface area contributed by atoms with E-state index in [1.54, 1.807) is 17.5 Å². The molecule has 0 aliphatic rings. The molecule has 1 aromatic heterocycles. The van der Waals surface area contributed by atoms with Gasteiger partial charge in [0.1, 0.15) is 0 Å². The number of nitrogens with one attached hydrogen (secondary N) is 1. The number of hydrogen-bond acceptors (Lipinski definition) is 5. The lowest BCUT2D eigenvalue weighted by Gasteiger charge is -2.15. The molecule has 106 valence electrons. The summed E-state index contributed by atoms with van der Waals surface area (Å²) in [5, 5.41) is 6.64. The van der Waals surface area contributed by atoms with E-state index in [0.29, 0.717) is 15.2 Å². The van der Waals surface area contributed by atoms with Gasteiger partial charge in [0, 0.05) is 15.4 Å². The van der Waals surface area contributed by atoms with E-state index in [4.69, 9.17) is 23.2 Å². The number of carbonyl (C=O) groups excluding carboxylic acids is 1. The van der Waals surface area contributed by atoms with Gasteiger partial charge in [-0.05, 0) is 24.6 Å². The number of anilines is 1. The SMILES string of the molecule is COC(=O)c1csc(NC(C)c2ccc(Cl)cc2Cl)n1. The van der Waals surface area contributed by atoms with Gasteiger partial charge in [0.2, 0.25) is 0 Å². The summed E-state index contributed by atoms with van der Waals surface area (Å²) in [6.45, 7) is 1.95. The third-order valence-corrected chi connectivity index (χ3v) is 4.00. The van der Waals surface area contributed by atoms with Gasteiger partial charge < -0.3 is 10.1 Å². The van der Waals surface area contributed by atoms with Crippen molar-refractivity contribution in [3.63, 3.8) is 0 Å². The Kier molecular flexibility index (Phi) is 4.86. The Morgan fingerprint density at radius 2 is 2.20 bits per heavy atom. The molecule has 1 aromatic carbocycles. The molecule has 4 nitrogen and oxygen atoms in total. The smallest absolute Gasteiger partial charge is 0.357 e. The lowest BCUT2D eigenvalue weighted by Crippen LogP contribution is -2.08. The van der Waals surface area contributed by atoms with Crippen LogP contribution in [0.4, 0.5) is 5.13 Å². The van der Waals surface area contributed by atoms with Gasteiger partial charge in [-0.15, -0.1) is 11.3 Å². The summed E-state index contributed by atoms with van der Waals surface area (Å²) < 4.78 is 4.61. The fraction of sp³-hybridized carbons (Fsp3) is 0.231. The molecule has 7 heteroatoms. The Bertz CT molecular complexity index is 631. The van der Waals surface area contributed by atoms with Gasteiger partial charge in [-0.3, -0.25) is 0 Å². The van der Waals surface area contributed by atoms with Crippen molar-refractivity contribution in [2.45, 2.75) is 13.0 Å². The molecule has 20 heavy (non-hydrogen) atoms. The average Bonchev–Trinajstić information content (AvgIpc) is 2.86. The predicted molar refractivity (Wildman–Crippen MR) is 82.0 cm³/mol. The summed E-state index contributed by atoms with van der Waals surface area (Å²) in [5.74, 6) is -0.452. The largest absolute Gasteiger partial charge is 0.464 e. The first-order valence-electron chi connectivity index (χ1n) is 5.76. The molecule has 1 N–H and O–H groups in total. The molecule has 0 saturated heterocycles. The zero-order valence-corrected chi connectivity index (χ0v) is 13.1. The summed E-state index contributed by atoms with van der Waals surface area (Å²) in [4.78, 5) is 15.5. The number of benzene rings is 1. The highest BCUT2D eigenvalue weighted by Crippen LogP contribution is 2.29. The van der Waals surface area contributed by atoms with Crippen LogP contribution in [0.2, 0.25) is 10.0 Å². The minimum absolute atomic E-state index is 0.0589. The molecule has 1 heterocycles. The maximum absolute atomic E-state index is 11.3. The molecule has 2 aromatic rings. The minimum Gasteiger partial charge on any atom is -0.464 e. The van der Waals surface area contributed by atoms with E-state index < -0.39 is 5.97 Å². The van der Waals surface area contributed by atoms with Crippen LogP contribution in [0.15, 0.2) is 23.6 Å². The number of thiazole rings is 1. The summed E-state index contributed by atoms with van der Waals surface area (Å²) >= 11 is 13.4. The third-order valence-electron chi connectivity index (χ3n) is 2.67. The molecule has 0 amide bonds. The van der Waals surface area contributed by atoms with Crippen LogP contribution in [0.1, 0.15) is 29.0 Å². The third kappa shape index (κ3) is 3.42. The van der Waals surface area contributed by atoms with E-state index in [1.165, 1.54) is 18.4 Å². The second-order valence-corrected chi connectivity index (χ2v) is 5.76. The van der Waals surface area contributed by atoms with E-state index in [1.807, 2.05) is 13.0 Å². The first kappa shape index (κ1) is 15.1. The van der Waals surface area contributed by atoms with Gasteiger partial charge in [-0.2, -0.15) is 0 Å². The van der Waals surface area contributed by atoms with Crippen molar-refractivity contribution in [3.8, 4) is 0 Å². The molecule has 0 aliphatic heterocycles. The summed E-state index contributed by atoms with van der Waals surface area (Å²) in [5.41, 5.74) is 1.19. The maximum atomic E-state index is 11.3. The Balaban J connectivity index is 2.13. The van der Waals surface area contributed by atoms with Gasteiger partial charge in [0.05, 0.1) is 13.2 Å². The number of halogens is 2. The number of carbonyl (C=O) groups is 1. The molecule has 0 spiro atoms. The van der Waals surface area contributed by atoms with Crippen LogP contribution < -0.4 is 5.32 Å². The van der Waals surface area contributed by atoms with Crippen LogP contribution in [0.5, 0.6) is 0 Å². The number of methoxy groups -OCH3 is 1. The first-order chi connectivity index (χ1) is 9.51.